The molecule has 1 atom stereocenters. The Morgan fingerprint density at radius 3 is 2.63 bits per heavy atom. The molecule has 2 amide bonds. The van der Waals surface area contributed by atoms with Crippen molar-refractivity contribution in [3.8, 4) is 11.3 Å². The monoisotopic (exact) mass is 466 g/mol. The molecule has 1 unspecified atom stereocenters. The SMILES string of the molecule is C=CC(=O)N1CCC(c2nc(-c3ccc(C(=O)Nc4ccccn4)cc3)c3c(C)ncc(C)n23)C1. The predicted octanol–water partition coefficient (Wildman–Crippen LogP) is 4.16. The van der Waals surface area contributed by atoms with E-state index in [4.69, 9.17) is 4.98 Å². The molecule has 0 radical (unpaired) electrons. The standard InChI is InChI=1S/C27H26N6O2/c1-4-23(34)32-14-12-21(16-32)26-31-24(25-18(3)29-15-17(2)33(25)26)19-8-10-20(11-9-19)27(35)30-22-7-5-6-13-28-22/h4-11,13,15,21H,1,12,14,16H2,2-3H3,(H,28,30,35). The first kappa shape index (κ1) is 22.5. The Morgan fingerprint density at radius 1 is 1.11 bits per heavy atom. The van der Waals surface area contributed by atoms with Gasteiger partial charge in [0.15, 0.2) is 0 Å². The maximum Gasteiger partial charge on any atom is 0.256 e. The van der Waals surface area contributed by atoms with Crippen LogP contribution in [0.2, 0.25) is 0 Å². The topological polar surface area (TPSA) is 92.5 Å². The van der Waals surface area contributed by atoms with Gasteiger partial charge in [0.05, 0.1) is 16.9 Å². The van der Waals surface area contributed by atoms with Gasteiger partial charge >= 0.3 is 0 Å². The second-order valence-corrected chi connectivity index (χ2v) is 8.71. The normalized spacial score (nSPS) is 15.4. The highest BCUT2D eigenvalue weighted by Gasteiger charge is 2.31. The number of imidazole rings is 1. The van der Waals surface area contributed by atoms with E-state index in [-0.39, 0.29) is 17.7 Å². The fraction of sp³-hybridized carbons (Fsp3) is 0.222. The third-order valence-corrected chi connectivity index (χ3v) is 6.41. The minimum atomic E-state index is -0.225. The van der Waals surface area contributed by atoms with E-state index in [9.17, 15) is 9.59 Å². The van der Waals surface area contributed by atoms with Crippen LogP contribution in [0.15, 0.2) is 67.5 Å². The van der Waals surface area contributed by atoms with E-state index < -0.39 is 0 Å². The summed E-state index contributed by atoms with van der Waals surface area (Å²) in [6, 6.07) is 12.8. The van der Waals surface area contributed by atoms with E-state index in [1.165, 1.54) is 6.08 Å². The summed E-state index contributed by atoms with van der Waals surface area (Å²) in [5.74, 6) is 1.27. The van der Waals surface area contributed by atoms with E-state index in [0.29, 0.717) is 24.5 Å². The van der Waals surface area contributed by atoms with Crippen molar-refractivity contribution >= 4 is 23.1 Å². The van der Waals surface area contributed by atoms with Gasteiger partial charge in [0.2, 0.25) is 5.91 Å². The number of nitrogens with one attached hydrogen (secondary N) is 1. The number of aryl methyl sites for hydroxylation is 2. The lowest BCUT2D eigenvalue weighted by Gasteiger charge is -2.14. The highest BCUT2D eigenvalue weighted by molar-refractivity contribution is 6.04. The Bertz CT molecular complexity index is 1430. The molecular formula is C27H26N6O2. The molecule has 1 aromatic carbocycles. The molecule has 1 saturated heterocycles. The van der Waals surface area contributed by atoms with E-state index in [1.807, 2.05) is 43.1 Å². The van der Waals surface area contributed by atoms with Gasteiger partial charge in [-0.15, -0.1) is 0 Å². The van der Waals surface area contributed by atoms with Gasteiger partial charge in [-0.1, -0.05) is 24.8 Å². The Kier molecular flexibility index (Phi) is 5.86. The van der Waals surface area contributed by atoms with E-state index in [1.54, 1.807) is 30.5 Å². The molecular weight excluding hydrogens is 440 g/mol. The number of likely N-dealkylation sites (tertiary alicyclic amines) is 1. The van der Waals surface area contributed by atoms with Gasteiger partial charge in [0.1, 0.15) is 11.6 Å². The van der Waals surface area contributed by atoms with Crippen molar-refractivity contribution in [3.63, 3.8) is 0 Å². The first-order chi connectivity index (χ1) is 17.0. The van der Waals surface area contributed by atoms with Crippen LogP contribution in [0.1, 0.15) is 39.9 Å². The molecule has 1 fully saturated rings. The molecule has 1 N–H and O–H groups in total. The van der Waals surface area contributed by atoms with Crippen molar-refractivity contribution in [2.45, 2.75) is 26.2 Å². The minimum absolute atomic E-state index is 0.0530. The average molecular weight is 467 g/mol. The van der Waals surface area contributed by atoms with Gasteiger partial charge < -0.3 is 10.2 Å². The Morgan fingerprint density at radius 2 is 1.91 bits per heavy atom. The highest BCUT2D eigenvalue weighted by Crippen LogP contribution is 2.34. The second kappa shape index (κ2) is 9.13. The molecule has 0 saturated carbocycles. The molecule has 4 heterocycles. The predicted molar refractivity (Wildman–Crippen MR) is 134 cm³/mol. The van der Waals surface area contributed by atoms with E-state index in [2.05, 4.69) is 26.3 Å². The summed E-state index contributed by atoms with van der Waals surface area (Å²) in [5.41, 5.74) is 5.05. The van der Waals surface area contributed by atoms with Gasteiger partial charge in [0, 0.05) is 48.2 Å². The van der Waals surface area contributed by atoms with Crippen molar-refractivity contribution < 1.29 is 9.59 Å². The molecule has 8 nitrogen and oxygen atoms in total. The molecule has 0 aliphatic carbocycles. The maximum absolute atomic E-state index is 12.6. The zero-order valence-corrected chi connectivity index (χ0v) is 19.7. The van der Waals surface area contributed by atoms with Crippen LogP contribution >= 0.6 is 0 Å². The fourth-order valence-electron chi connectivity index (χ4n) is 4.62. The minimum Gasteiger partial charge on any atom is -0.338 e. The molecule has 1 aliphatic rings. The Balaban J connectivity index is 1.50. The number of hydrogen-bond acceptors (Lipinski definition) is 5. The number of hydrogen-bond donors (Lipinski definition) is 1. The first-order valence-corrected chi connectivity index (χ1v) is 11.5. The summed E-state index contributed by atoms with van der Waals surface area (Å²) in [6.07, 6.45) is 5.69. The van der Waals surface area contributed by atoms with Crippen LogP contribution in [0.4, 0.5) is 5.82 Å². The number of benzene rings is 1. The van der Waals surface area contributed by atoms with Crippen LogP contribution in [0.3, 0.4) is 0 Å². The third kappa shape index (κ3) is 4.19. The quantitative estimate of drug-likeness (QED) is 0.446. The summed E-state index contributed by atoms with van der Waals surface area (Å²) in [5, 5.41) is 2.80. The third-order valence-electron chi connectivity index (χ3n) is 6.41. The molecule has 0 spiro atoms. The van der Waals surface area contributed by atoms with Crippen molar-refractivity contribution in [1.29, 1.82) is 0 Å². The number of aromatic nitrogens is 4. The first-order valence-electron chi connectivity index (χ1n) is 11.5. The number of carbonyl (C=O) groups excluding carboxylic acids is 2. The Hall–Kier alpha value is -4.33. The van der Waals surface area contributed by atoms with Gasteiger partial charge in [-0.05, 0) is 50.6 Å². The molecule has 35 heavy (non-hydrogen) atoms. The number of rotatable bonds is 5. The number of nitrogens with zero attached hydrogens (tertiary/aromatic N) is 5. The lowest BCUT2D eigenvalue weighted by atomic mass is 10.1. The van der Waals surface area contributed by atoms with Gasteiger partial charge in [-0.25, -0.2) is 9.97 Å². The summed E-state index contributed by atoms with van der Waals surface area (Å²) >= 11 is 0. The zero-order chi connectivity index (χ0) is 24.5. The van der Waals surface area contributed by atoms with Gasteiger partial charge in [0.25, 0.3) is 5.91 Å². The molecule has 8 heteroatoms. The average Bonchev–Trinajstić information content (AvgIpc) is 3.53. The molecule has 0 bridgehead atoms. The zero-order valence-electron chi connectivity index (χ0n) is 19.7. The number of carbonyl (C=O) groups is 2. The summed E-state index contributed by atoms with van der Waals surface area (Å²) in [6.45, 7) is 8.89. The Labute approximate surface area is 203 Å². The van der Waals surface area contributed by atoms with Crippen molar-refractivity contribution in [3.05, 3.63) is 90.3 Å². The van der Waals surface area contributed by atoms with Gasteiger partial charge in [-0.3, -0.25) is 19.0 Å². The van der Waals surface area contributed by atoms with Crippen LogP contribution < -0.4 is 5.32 Å². The highest BCUT2D eigenvalue weighted by atomic mass is 16.2. The smallest absolute Gasteiger partial charge is 0.256 e. The number of anilines is 1. The molecule has 176 valence electrons. The summed E-state index contributed by atoms with van der Waals surface area (Å²) < 4.78 is 2.16. The van der Waals surface area contributed by atoms with Crippen LogP contribution in [0.25, 0.3) is 16.8 Å². The molecule has 4 aromatic rings. The number of pyridine rings is 1. The second-order valence-electron chi connectivity index (χ2n) is 8.71. The largest absolute Gasteiger partial charge is 0.338 e. The number of amides is 2. The van der Waals surface area contributed by atoms with Crippen LogP contribution in [-0.2, 0) is 4.79 Å². The van der Waals surface area contributed by atoms with Crippen molar-refractivity contribution in [2.75, 3.05) is 18.4 Å². The van der Waals surface area contributed by atoms with Crippen LogP contribution in [0, 0.1) is 13.8 Å². The maximum atomic E-state index is 12.6. The van der Waals surface area contributed by atoms with E-state index >= 15 is 0 Å². The molecule has 5 rings (SSSR count). The summed E-state index contributed by atoms with van der Waals surface area (Å²) in [7, 11) is 0. The molecule has 1 aliphatic heterocycles. The number of fused-ring (bicyclic) bond motifs is 1. The summed E-state index contributed by atoms with van der Waals surface area (Å²) in [4.78, 5) is 40.4. The van der Waals surface area contributed by atoms with Crippen LogP contribution in [0.5, 0.6) is 0 Å². The van der Waals surface area contributed by atoms with Crippen molar-refractivity contribution in [2.24, 2.45) is 0 Å². The lowest BCUT2D eigenvalue weighted by molar-refractivity contribution is -0.125. The van der Waals surface area contributed by atoms with Gasteiger partial charge in [-0.2, -0.15) is 0 Å². The van der Waals surface area contributed by atoms with Crippen LogP contribution in [-0.4, -0.2) is 49.2 Å². The van der Waals surface area contributed by atoms with E-state index in [0.717, 1.165) is 40.4 Å². The fourth-order valence-corrected chi connectivity index (χ4v) is 4.62. The molecule has 3 aromatic heterocycles. The van der Waals surface area contributed by atoms with Crippen molar-refractivity contribution in [1.82, 2.24) is 24.3 Å². The lowest BCUT2D eigenvalue weighted by Crippen LogP contribution is -2.26.